The number of benzene rings is 1. The van der Waals surface area contributed by atoms with Crippen molar-refractivity contribution in [2.24, 2.45) is 5.92 Å². The molecule has 0 aliphatic carbocycles. The molecule has 0 unspecified atom stereocenters. The van der Waals surface area contributed by atoms with E-state index in [1.54, 1.807) is 0 Å². The van der Waals surface area contributed by atoms with Gasteiger partial charge in [-0.2, -0.15) is 0 Å². The van der Waals surface area contributed by atoms with Crippen LogP contribution in [0, 0.1) is 18.3 Å². The average molecular weight is 343 g/mol. The predicted molar refractivity (Wildman–Crippen MR) is 95.4 cm³/mol. The molecule has 1 aliphatic heterocycles. The average Bonchev–Trinajstić information content (AvgIpc) is 2.65. The van der Waals surface area contributed by atoms with Crippen LogP contribution in [0.25, 0.3) is 0 Å². The number of carbonyl (C=O) groups excluding carboxylic acids is 1. The molecule has 1 aliphatic rings. The summed E-state index contributed by atoms with van der Waals surface area (Å²) >= 11 is 0. The molecular weight excluding hydrogens is 318 g/mol. The number of allylic oxidation sites excluding steroid dienone is 1. The monoisotopic (exact) mass is 343 g/mol. The summed E-state index contributed by atoms with van der Waals surface area (Å²) in [5, 5.41) is 11.9. The molecule has 1 amide bonds. The fourth-order valence-electron chi connectivity index (χ4n) is 3.04. The minimum atomic E-state index is -0.543. The van der Waals surface area contributed by atoms with Crippen LogP contribution in [0.2, 0.25) is 0 Å². The zero-order chi connectivity index (χ0) is 18.1. The van der Waals surface area contributed by atoms with Crippen LogP contribution in [-0.2, 0) is 14.3 Å². The van der Waals surface area contributed by atoms with Gasteiger partial charge in [-0.05, 0) is 31.4 Å². The highest BCUT2D eigenvalue weighted by molar-refractivity contribution is 5.91. The molecule has 1 aromatic carbocycles. The summed E-state index contributed by atoms with van der Waals surface area (Å²) < 4.78 is 11.6. The van der Waals surface area contributed by atoms with Gasteiger partial charge in [-0.3, -0.25) is 4.79 Å². The van der Waals surface area contributed by atoms with Crippen LogP contribution in [0.15, 0.2) is 42.2 Å². The van der Waals surface area contributed by atoms with Gasteiger partial charge in [-0.25, -0.2) is 0 Å². The Morgan fingerprint density at radius 1 is 1.40 bits per heavy atom. The van der Waals surface area contributed by atoms with E-state index in [1.807, 2.05) is 43.3 Å². The number of ether oxygens (including phenoxy) is 2. The van der Waals surface area contributed by atoms with Crippen LogP contribution in [0.3, 0.4) is 0 Å². The first-order valence-corrected chi connectivity index (χ1v) is 8.58. The van der Waals surface area contributed by atoms with Crippen molar-refractivity contribution in [3.05, 3.63) is 47.7 Å². The van der Waals surface area contributed by atoms with Crippen LogP contribution in [-0.4, -0.2) is 37.1 Å². The zero-order valence-corrected chi connectivity index (χ0v) is 14.5. The molecule has 1 aromatic rings. The lowest BCUT2D eigenvalue weighted by Crippen LogP contribution is -2.39. The van der Waals surface area contributed by atoms with Crippen molar-refractivity contribution in [1.29, 1.82) is 0 Å². The Morgan fingerprint density at radius 3 is 2.80 bits per heavy atom. The van der Waals surface area contributed by atoms with E-state index >= 15 is 0 Å². The summed E-state index contributed by atoms with van der Waals surface area (Å²) in [7, 11) is 0. The van der Waals surface area contributed by atoms with Gasteiger partial charge in [0, 0.05) is 25.0 Å². The highest BCUT2D eigenvalue weighted by Gasteiger charge is 2.37. The Hall–Kier alpha value is -2.29. The van der Waals surface area contributed by atoms with Gasteiger partial charge in [0.1, 0.15) is 0 Å². The molecule has 0 aromatic heterocycles. The Morgan fingerprint density at radius 2 is 2.16 bits per heavy atom. The molecule has 2 N–H and O–H groups in total. The van der Waals surface area contributed by atoms with Crippen molar-refractivity contribution < 1.29 is 19.4 Å². The summed E-state index contributed by atoms with van der Waals surface area (Å²) in [6, 6.07) is 9.94. The quantitative estimate of drug-likeness (QED) is 0.710. The molecule has 0 fully saturated rings. The van der Waals surface area contributed by atoms with Gasteiger partial charge in [0.2, 0.25) is 6.29 Å². The van der Waals surface area contributed by atoms with Crippen LogP contribution in [0.5, 0.6) is 0 Å². The molecule has 3 atom stereocenters. The van der Waals surface area contributed by atoms with Crippen molar-refractivity contribution >= 4 is 5.91 Å². The molecule has 0 saturated heterocycles. The Balaban J connectivity index is 2.34. The van der Waals surface area contributed by atoms with Gasteiger partial charge in [-0.1, -0.05) is 36.3 Å². The highest BCUT2D eigenvalue weighted by Crippen LogP contribution is 2.39. The van der Waals surface area contributed by atoms with E-state index in [4.69, 9.17) is 15.9 Å². The van der Waals surface area contributed by atoms with Crippen LogP contribution >= 0.6 is 0 Å². The van der Waals surface area contributed by atoms with Crippen molar-refractivity contribution in [1.82, 2.24) is 5.32 Å². The molecule has 2 rings (SSSR count). The van der Waals surface area contributed by atoms with Gasteiger partial charge in [0.05, 0.1) is 6.54 Å². The Labute approximate surface area is 149 Å². The second-order valence-electron chi connectivity index (χ2n) is 5.83. The van der Waals surface area contributed by atoms with E-state index in [0.29, 0.717) is 13.0 Å². The minimum absolute atomic E-state index is 0.0127. The number of hydrogen-bond donors (Lipinski definition) is 2. The molecule has 5 heteroatoms. The molecule has 0 radical (unpaired) electrons. The largest absolute Gasteiger partial charge is 0.459 e. The molecule has 134 valence electrons. The third-order valence-electron chi connectivity index (χ3n) is 4.17. The van der Waals surface area contributed by atoms with Crippen molar-refractivity contribution in [3.8, 4) is 12.3 Å². The predicted octanol–water partition coefficient (Wildman–Crippen LogP) is 2.18. The fourth-order valence-corrected chi connectivity index (χ4v) is 3.04. The number of hydrogen-bond acceptors (Lipinski definition) is 4. The topological polar surface area (TPSA) is 67.8 Å². The maximum absolute atomic E-state index is 12.3. The number of aliphatic hydroxyl groups is 1. The summed E-state index contributed by atoms with van der Waals surface area (Å²) in [6.45, 7) is 2.61. The van der Waals surface area contributed by atoms with E-state index in [2.05, 4.69) is 11.2 Å². The van der Waals surface area contributed by atoms with E-state index in [0.717, 1.165) is 12.0 Å². The van der Waals surface area contributed by atoms with Gasteiger partial charge < -0.3 is 19.9 Å². The van der Waals surface area contributed by atoms with Crippen molar-refractivity contribution in [2.75, 3.05) is 19.8 Å². The first-order valence-electron chi connectivity index (χ1n) is 8.58. The molecule has 0 spiro atoms. The SMILES string of the molecule is C#CCNC(=O)C1=C[C@H](c2ccccc2)[C@@H](CCCO)[C@H](OCC)O1. The molecule has 25 heavy (non-hydrogen) atoms. The second kappa shape index (κ2) is 9.87. The van der Waals surface area contributed by atoms with Crippen molar-refractivity contribution in [3.63, 3.8) is 0 Å². The summed E-state index contributed by atoms with van der Waals surface area (Å²) in [6.07, 6.45) is 7.87. The van der Waals surface area contributed by atoms with Crippen LogP contribution in [0.1, 0.15) is 31.2 Å². The molecular formula is C20H25NO4. The summed E-state index contributed by atoms with van der Waals surface area (Å²) in [5.74, 6) is 2.24. The number of amides is 1. The maximum Gasteiger partial charge on any atom is 0.286 e. The van der Waals surface area contributed by atoms with Gasteiger partial charge in [0.25, 0.3) is 5.91 Å². The van der Waals surface area contributed by atoms with Crippen LogP contribution < -0.4 is 5.32 Å². The first kappa shape index (κ1) is 19.0. The standard InChI is InChI=1S/C20H25NO4/c1-3-12-21-19(23)18-14-17(15-9-6-5-7-10-15)16(11-8-13-22)20(25-18)24-4-2/h1,5-7,9-10,14,16-17,20,22H,4,8,11-13H2,2H3,(H,21,23)/t16-,17-,20-/m1/s1. The molecule has 0 saturated carbocycles. The highest BCUT2D eigenvalue weighted by atomic mass is 16.7. The lowest BCUT2D eigenvalue weighted by Gasteiger charge is -2.37. The normalized spacial score (nSPS) is 22.4. The van der Waals surface area contributed by atoms with Crippen LogP contribution in [0.4, 0.5) is 0 Å². The number of aliphatic hydroxyl groups excluding tert-OH is 1. The fraction of sp³-hybridized carbons (Fsp3) is 0.450. The Bertz CT molecular complexity index is 620. The van der Waals surface area contributed by atoms with Gasteiger partial charge >= 0.3 is 0 Å². The summed E-state index contributed by atoms with van der Waals surface area (Å²) in [4.78, 5) is 12.3. The number of rotatable bonds is 8. The smallest absolute Gasteiger partial charge is 0.286 e. The summed E-state index contributed by atoms with van der Waals surface area (Å²) in [5.41, 5.74) is 1.08. The van der Waals surface area contributed by atoms with Gasteiger partial charge in [-0.15, -0.1) is 6.42 Å². The van der Waals surface area contributed by atoms with E-state index < -0.39 is 6.29 Å². The third-order valence-corrected chi connectivity index (χ3v) is 4.17. The van der Waals surface area contributed by atoms with E-state index in [-0.39, 0.29) is 36.7 Å². The lowest BCUT2D eigenvalue weighted by molar-refractivity contribution is -0.166. The zero-order valence-electron chi connectivity index (χ0n) is 14.5. The number of carbonyl (C=O) groups is 1. The maximum atomic E-state index is 12.3. The van der Waals surface area contributed by atoms with Gasteiger partial charge in [0.15, 0.2) is 5.76 Å². The minimum Gasteiger partial charge on any atom is -0.459 e. The second-order valence-corrected chi connectivity index (χ2v) is 5.83. The van der Waals surface area contributed by atoms with E-state index in [1.165, 1.54) is 0 Å². The number of nitrogens with one attached hydrogen (secondary N) is 1. The number of terminal acetylenes is 1. The lowest BCUT2D eigenvalue weighted by atomic mass is 9.80. The third kappa shape index (κ3) is 5.09. The van der Waals surface area contributed by atoms with Crippen molar-refractivity contribution in [2.45, 2.75) is 32.0 Å². The molecule has 5 nitrogen and oxygen atoms in total. The van der Waals surface area contributed by atoms with E-state index in [9.17, 15) is 9.90 Å². The molecule has 0 bridgehead atoms. The Kier molecular flexibility index (Phi) is 7.52. The first-order chi connectivity index (χ1) is 12.2. The molecule has 1 heterocycles.